The maximum atomic E-state index is 8.78. The minimum Gasteiger partial charge on any atom is -0.370 e. The van der Waals surface area contributed by atoms with Gasteiger partial charge in [0, 0.05) is 7.11 Å². The predicted molar refractivity (Wildman–Crippen MR) is 60.0 cm³/mol. The number of nitrogens with zero attached hydrogens (tertiary/aromatic N) is 3. The Bertz CT molecular complexity index is 423. The summed E-state index contributed by atoms with van der Waals surface area (Å²) in [6.07, 6.45) is 2.42. The highest BCUT2D eigenvalue weighted by atomic mass is 16.5. The molecule has 0 N–H and O–H groups in total. The Hall–Kier alpha value is -1.41. The summed E-state index contributed by atoms with van der Waals surface area (Å²) in [6.45, 7) is 4.08. The lowest BCUT2D eigenvalue weighted by Crippen LogP contribution is -2.28. The summed E-state index contributed by atoms with van der Waals surface area (Å²) in [5.41, 5.74) is -0.460. The topological polar surface area (TPSA) is 71.9 Å². The van der Waals surface area contributed by atoms with Gasteiger partial charge in [-0.2, -0.15) is 10.2 Å². The second-order valence-electron chi connectivity index (χ2n) is 4.44. The molecule has 1 aliphatic rings. The van der Waals surface area contributed by atoms with E-state index in [1.165, 1.54) is 0 Å². The van der Waals surface area contributed by atoms with Crippen LogP contribution in [0.4, 0.5) is 0 Å². The number of methoxy groups -OCH3 is 1. The third-order valence-electron chi connectivity index (χ3n) is 3.66. The third kappa shape index (κ3) is 1.93. The minimum atomic E-state index is -0.460. The van der Waals surface area contributed by atoms with E-state index in [9.17, 15) is 0 Å². The van der Waals surface area contributed by atoms with Crippen LogP contribution in [0.15, 0.2) is 4.52 Å². The van der Waals surface area contributed by atoms with Crippen LogP contribution in [0.1, 0.15) is 50.7 Å². The lowest BCUT2D eigenvalue weighted by molar-refractivity contribution is -0.0306. The van der Waals surface area contributed by atoms with Gasteiger partial charge in [0.15, 0.2) is 0 Å². The van der Waals surface area contributed by atoms with Crippen LogP contribution in [0, 0.1) is 17.2 Å². The summed E-state index contributed by atoms with van der Waals surface area (Å²) in [6, 6.07) is 2.22. The SMILES string of the molecule is CCC(CC)(OC)c1noc(C2CC2C#N)n1. The van der Waals surface area contributed by atoms with Gasteiger partial charge in [-0.25, -0.2) is 0 Å². The molecular formula is C12H17N3O2. The number of aromatic nitrogens is 2. The lowest BCUT2D eigenvalue weighted by Gasteiger charge is -2.25. The molecule has 1 heterocycles. The molecule has 0 spiro atoms. The Balaban J connectivity index is 2.21. The molecule has 5 heteroatoms. The average molecular weight is 235 g/mol. The highest BCUT2D eigenvalue weighted by Crippen LogP contribution is 2.46. The van der Waals surface area contributed by atoms with Gasteiger partial charge in [0.05, 0.1) is 17.9 Å². The number of hydrogen-bond donors (Lipinski definition) is 0. The number of nitriles is 1. The maximum Gasteiger partial charge on any atom is 0.231 e. The Morgan fingerprint density at radius 2 is 2.24 bits per heavy atom. The molecule has 0 radical (unpaired) electrons. The number of hydrogen-bond acceptors (Lipinski definition) is 5. The van der Waals surface area contributed by atoms with Crippen molar-refractivity contribution in [2.45, 2.75) is 44.6 Å². The minimum absolute atomic E-state index is 0.0449. The van der Waals surface area contributed by atoms with Crippen molar-refractivity contribution in [1.82, 2.24) is 10.1 Å². The Kier molecular flexibility index (Phi) is 3.16. The van der Waals surface area contributed by atoms with Crippen molar-refractivity contribution in [2.75, 3.05) is 7.11 Å². The lowest BCUT2D eigenvalue weighted by atomic mass is 9.96. The van der Waals surface area contributed by atoms with Gasteiger partial charge < -0.3 is 9.26 Å². The van der Waals surface area contributed by atoms with Gasteiger partial charge in [-0.15, -0.1) is 0 Å². The normalized spacial score (nSPS) is 23.4. The van der Waals surface area contributed by atoms with E-state index >= 15 is 0 Å². The zero-order chi connectivity index (χ0) is 12.5. The molecule has 0 amide bonds. The summed E-state index contributed by atoms with van der Waals surface area (Å²) >= 11 is 0. The van der Waals surface area contributed by atoms with Crippen LogP contribution in [-0.2, 0) is 10.3 Å². The van der Waals surface area contributed by atoms with Crippen LogP contribution in [-0.4, -0.2) is 17.3 Å². The van der Waals surface area contributed by atoms with Crippen molar-refractivity contribution in [3.05, 3.63) is 11.7 Å². The molecule has 0 saturated heterocycles. The van der Waals surface area contributed by atoms with E-state index in [1.54, 1.807) is 7.11 Å². The fraction of sp³-hybridized carbons (Fsp3) is 0.750. The van der Waals surface area contributed by atoms with E-state index in [1.807, 2.05) is 13.8 Å². The molecule has 2 unspecified atom stereocenters. The van der Waals surface area contributed by atoms with E-state index in [4.69, 9.17) is 14.5 Å². The van der Waals surface area contributed by atoms with Gasteiger partial charge in [0.25, 0.3) is 0 Å². The molecule has 1 aromatic rings. The summed E-state index contributed by atoms with van der Waals surface area (Å²) < 4.78 is 10.8. The number of rotatable bonds is 5. The van der Waals surface area contributed by atoms with Gasteiger partial charge in [0.1, 0.15) is 5.60 Å². The predicted octanol–water partition coefficient (Wildman–Crippen LogP) is 2.36. The van der Waals surface area contributed by atoms with Crippen LogP contribution in [0.2, 0.25) is 0 Å². The van der Waals surface area contributed by atoms with E-state index in [-0.39, 0.29) is 11.8 Å². The van der Waals surface area contributed by atoms with Crippen LogP contribution < -0.4 is 0 Å². The summed E-state index contributed by atoms with van der Waals surface area (Å²) in [5, 5.41) is 12.8. The third-order valence-corrected chi connectivity index (χ3v) is 3.66. The first-order valence-corrected chi connectivity index (χ1v) is 5.99. The van der Waals surface area contributed by atoms with E-state index in [2.05, 4.69) is 16.2 Å². The summed E-state index contributed by atoms with van der Waals surface area (Å²) in [4.78, 5) is 4.40. The van der Waals surface area contributed by atoms with Crippen molar-refractivity contribution in [3.8, 4) is 6.07 Å². The van der Waals surface area contributed by atoms with E-state index < -0.39 is 5.60 Å². The van der Waals surface area contributed by atoms with Crippen molar-refractivity contribution in [3.63, 3.8) is 0 Å². The molecule has 1 saturated carbocycles. The molecular weight excluding hydrogens is 218 g/mol. The molecule has 5 nitrogen and oxygen atoms in total. The molecule has 0 aliphatic heterocycles. The summed E-state index contributed by atoms with van der Waals surface area (Å²) in [5.74, 6) is 1.35. The molecule has 92 valence electrons. The molecule has 1 aliphatic carbocycles. The van der Waals surface area contributed by atoms with Gasteiger partial charge in [0.2, 0.25) is 11.7 Å². The molecule has 2 rings (SSSR count). The van der Waals surface area contributed by atoms with E-state index in [0.717, 1.165) is 19.3 Å². The van der Waals surface area contributed by atoms with Crippen molar-refractivity contribution in [1.29, 1.82) is 5.26 Å². The zero-order valence-electron chi connectivity index (χ0n) is 10.4. The van der Waals surface area contributed by atoms with Gasteiger partial charge in [-0.05, 0) is 19.3 Å². The Labute approximate surface area is 101 Å². The van der Waals surface area contributed by atoms with Crippen LogP contribution in [0.25, 0.3) is 0 Å². The Morgan fingerprint density at radius 1 is 1.53 bits per heavy atom. The molecule has 0 bridgehead atoms. The fourth-order valence-electron chi connectivity index (χ4n) is 2.13. The number of ether oxygens (including phenoxy) is 1. The van der Waals surface area contributed by atoms with Gasteiger partial charge in [-0.3, -0.25) is 0 Å². The zero-order valence-corrected chi connectivity index (χ0v) is 10.4. The standard InChI is InChI=1S/C12H17N3O2/c1-4-12(5-2,16-3)11-14-10(17-15-11)9-6-8(9)7-13/h8-9H,4-6H2,1-3H3. The van der Waals surface area contributed by atoms with Crippen molar-refractivity contribution >= 4 is 0 Å². The highest BCUT2D eigenvalue weighted by molar-refractivity contribution is 5.16. The highest BCUT2D eigenvalue weighted by Gasteiger charge is 2.44. The van der Waals surface area contributed by atoms with Crippen LogP contribution in [0.5, 0.6) is 0 Å². The molecule has 2 atom stereocenters. The monoisotopic (exact) mass is 235 g/mol. The second kappa shape index (κ2) is 4.46. The van der Waals surface area contributed by atoms with Gasteiger partial charge >= 0.3 is 0 Å². The Morgan fingerprint density at radius 3 is 2.71 bits per heavy atom. The molecule has 1 aromatic heterocycles. The molecule has 1 fully saturated rings. The van der Waals surface area contributed by atoms with Crippen molar-refractivity contribution in [2.24, 2.45) is 5.92 Å². The van der Waals surface area contributed by atoms with E-state index in [0.29, 0.717) is 11.7 Å². The second-order valence-corrected chi connectivity index (χ2v) is 4.44. The average Bonchev–Trinajstić information content (AvgIpc) is 3.01. The quantitative estimate of drug-likeness (QED) is 0.783. The first-order chi connectivity index (χ1) is 8.20. The van der Waals surface area contributed by atoms with Crippen molar-refractivity contribution < 1.29 is 9.26 Å². The summed E-state index contributed by atoms with van der Waals surface area (Å²) in [7, 11) is 1.66. The molecule has 0 aromatic carbocycles. The van der Waals surface area contributed by atoms with Crippen LogP contribution in [0.3, 0.4) is 0 Å². The first kappa shape index (κ1) is 12.1. The smallest absolute Gasteiger partial charge is 0.231 e. The molecule has 17 heavy (non-hydrogen) atoms. The largest absolute Gasteiger partial charge is 0.370 e. The van der Waals surface area contributed by atoms with Gasteiger partial charge in [-0.1, -0.05) is 19.0 Å². The van der Waals surface area contributed by atoms with Crippen LogP contribution >= 0.6 is 0 Å². The first-order valence-electron chi connectivity index (χ1n) is 5.99. The maximum absolute atomic E-state index is 8.78. The fourth-order valence-corrected chi connectivity index (χ4v) is 2.13.